The zero-order valence-corrected chi connectivity index (χ0v) is 15.6. The molecule has 140 valence electrons. The molecular weight excluding hydrogens is 369 g/mol. The number of amides is 1. The second kappa shape index (κ2) is 8.31. The van der Waals surface area contributed by atoms with E-state index in [1.54, 1.807) is 35.2 Å². The number of hydrogen-bond donors (Lipinski definition) is 1. The fourth-order valence-electron chi connectivity index (χ4n) is 2.85. The van der Waals surface area contributed by atoms with Crippen molar-refractivity contribution in [1.82, 2.24) is 14.9 Å². The van der Waals surface area contributed by atoms with E-state index in [-0.39, 0.29) is 23.8 Å². The van der Waals surface area contributed by atoms with Crippen molar-refractivity contribution in [2.24, 2.45) is 0 Å². The minimum absolute atomic E-state index is 0.0596. The predicted octanol–water partition coefficient (Wildman–Crippen LogP) is 3.70. The van der Waals surface area contributed by atoms with Gasteiger partial charge >= 0.3 is 0 Å². The summed E-state index contributed by atoms with van der Waals surface area (Å²) in [5.74, 6) is 0.0501. The maximum Gasteiger partial charge on any atom is 0.258 e. The molecule has 0 bridgehead atoms. The first-order valence-corrected chi connectivity index (χ1v) is 9.04. The van der Waals surface area contributed by atoms with Gasteiger partial charge in [-0.2, -0.15) is 0 Å². The SMILES string of the molecule is CCN(Cc1nc2cc(Cl)ccc2c(=O)[nH]1)C(=O)CCc1ccc(F)cc1. The first kappa shape index (κ1) is 19.0. The van der Waals surface area contributed by atoms with E-state index in [0.717, 1.165) is 5.56 Å². The number of carbonyl (C=O) groups excluding carboxylic acids is 1. The van der Waals surface area contributed by atoms with Crippen molar-refractivity contribution >= 4 is 28.4 Å². The normalized spacial score (nSPS) is 10.9. The van der Waals surface area contributed by atoms with Gasteiger partial charge in [0.1, 0.15) is 11.6 Å². The second-order valence-electron chi connectivity index (χ2n) is 6.21. The van der Waals surface area contributed by atoms with Crippen LogP contribution in [0.1, 0.15) is 24.7 Å². The number of fused-ring (bicyclic) bond motifs is 1. The number of carbonyl (C=O) groups is 1. The molecule has 1 heterocycles. The van der Waals surface area contributed by atoms with E-state index in [2.05, 4.69) is 9.97 Å². The molecular formula is C20H19ClFN3O2. The van der Waals surface area contributed by atoms with Crippen LogP contribution in [0.5, 0.6) is 0 Å². The van der Waals surface area contributed by atoms with Crippen LogP contribution in [0.4, 0.5) is 4.39 Å². The summed E-state index contributed by atoms with van der Waals surface area (Å²) in [5.41, 5.74) is 1.13. The standard InChI is InChI=1S/C20H19ClFN3O2/c1-2-25(19(26)10-5-13-3-7-15(22)8-4-13)12-18-23-17-11-14(21)6-9-16(17)20(27)24-18/h3-4,6-9,11H,2,5,10,12H2,1H3,(H,23,24,27). The number of halogens is 2. The van der Waals surface area contributed by atoms with Gasteiger partial charge in [-0.1, -0.05) is 23.7 Å². The van der Waals surface area contributed by atoms with Gasteiger partial charge in [-0.3, -0.25) is 9.59 Å². The molecule has 1 amide bonds. The van der Waals surface area contributed by atoms with E-state index in [1.807, 2.05) is 6.92 Å². The fourth-order valence-corrected chi connectivity index (χ4v) is 3.02. The number of hydrogen-bond acceptors (Lipinski definition) is 3. The number of nitrogens with zero attached hydrogens (tertiary/aromatic N) is 2. The van der Waals surface area contributed by atoms with E-state index in [4.69, 9.17) is 11.6 Å². The Morgan fingerprint density at radius 2 is 1.96 bits per heavy atom. The lowest BCUT2D eigenvalue weighted by molar-refractivity contribution is -0.131. The predicted molar refractivity (Wildman–Crippen MR) is 103 cm³/mol. The lowest BCUT2D eigenvalue weighted by Crippen LogP contribution is -2.32. The van der Waals surface area contributed by atoms with E-state index < -0.39 is 0 Å². The van der Waals surface area contributed by atoms with Crippen molar-refractivity contribution in [3.05, 3.63) is 75.0 Å². The van der Waals surface area contributed by atoms with Crippen LogP contribution in [-0.4, -0.2) is 27.3 Å². The lowest BCUT2D eigenvalue weighted by Gasteiger charge is -2.20. The maximum absolute atomic E-state index is 13.0. The second-order valence-corrected chi connectivity index (χ2v) is 6.64. The average Bonchev–Trinajstić information content (AvgIpc) is 2.65. The van der Waals surface area contributed by atoms with Gasteiger partial charge in [0.2, 0.25) is 5.91 Å². The van der Waals surface area contributed by atoms with Crippen LogP contribution >= 0.6 is 11.6 Å². The van der Waals surface area contributed by atoms with Gasteiger partial charge in [-0.15, -0.1) is 0 Å². The van der Waals surface area contributed by atoms with Crippen molar-refractivity contribution in [1.29, 1.82) is 0 Å². The van der Waals surface area contributed by atoms with Gasteiger partial charge in [0.25, 0.3) is 5.56 Å². The van der Waals surface area contributed by atoms with Gasteiger partial charge in [-0.05, 0) is 49.2 Å². The molecule has 0 atom stereocenters. The molecule has 0 unspecified atom stereocenters. The largest absolute Gasteiger partial charge is 0.335 e. The number of aromatic nitrogens is 2. The highest BCUT2D eigenvalue weighted by Gasteiger charge is 2.14. The topological polar surface area (TPSA) is 66.1 Å². The number of H-pyrrole nitrogens is 1. The molecule has 1 N–H and O–H groups in total. The van der Waals surface area contributed by atoms with Gasteiger partial charge in [0.15, 0.2) is 0 Å². The molecule has 3 rings (SSSR count). The van der Waals surface area contributed by atoms with E-state index >= 15 is 0 Å². The Hall–Kier alpha value is -2.73. The zero-order chi connectivity index (χ0) is 19.4. The van der Waals surface area contributed by atoms with E-state index in [9.17, 15) is 14.0 Å². The summed E-state index contributed by atoms with van der Waals surface area (Å²) in [6, 6.07) is 11.0. The zero-order valence-electron chi connectivity index (χ0n) is 14.8. The summed E-state index contributed by atoms with van der Waals surface area (Å²) in [6.07, 6.45) is 0.815. The lowest BCUT2D eigenvalue weighted by atomic mass is 10.1. The molecule has 0 fully saturated rings. The summed E-state index contributed by atoms with van der Waals surface area (Å²) in [7, 11) is 0. The molecule has 0 saturated heterocycles. The Balaban J connectivity index is 1.72. The fraction of sp³-hybridized carbons (Fsp3) is 0.250. The first-order valence-electron chi connectivity index (χ1n) is 8.67. The summed E-state index contributed by atoms with van der Waals surface area (Å²) in [5, 5.41) is 0.947. The van der Waals surface area contributed by atoms with Crippen molar-refractivity contribution in [3.63, 3.8) is 0 Å². The monoisotopic (exact) mass is 387 g/mol. The van der Waals surface area contributed by atoms with Gasteiger partial charge < -0.3 is 9.88 Å². The molecule has 3 aromatic rings. The molecule has 0 radical (unpaired) electrons. The molecule has 0 spiro atoms. The van der Waals surface area contributed by atoms with Crippen molar-refractivity contribution < 1.29 is 9.18 Å². The number of aryl methyl sites for hydroxylation is 1. The minimum Gasteiger partial charge on any atom is -0.335 e. The first-order chi connectivity index (χ1) is 13.0. The molecule has 0 aliphatic rings. The highest BCUT2D eigenvalue weighted by atomic mass is 35.5. The Morgan fingerprint density at radius 1 is 1.22 bits per heavy atom. The van der Waals surface area contributed by atoms with Gasteiger partial charge in [0.05, 0.1) is 17.4 Å². The van der Waals surface area contributed by atoms with Crippen LogP contribution < -0.4 is 5.56 Å². The smallest absolute Gasteiger partial charge is 0.258 e. The molecule has 7 heteroatoms. The Labute approximate surface area is 160 Å². The van der Waals surface area contributed by atoms with Gasteiger partial charge in [0, 0.05) is 18.0 Å². The molecule has 0 saturated carbocycles. The molecule has 2 aromatic carbocycles. The number of rotatable bonds is 6. The van der Waals surface area contributed by atoms with Crippen LogP contribution in [0.3, 0.4) is 0 Å². The quantitative estimate of drug-likeness (QED) is 0.701. The van der Waals surface area contributed by atoms with Crippen molar-refractivity contribution in [2.75, 3.05) is 6.54 Å². The van der Waals surface area contributed by atoms with Crippen molar-refractivity contribution in [3.8, 4) is 0 Å². The maximum atomic E-state index is 13.0. The average molecular weight is 388 g/mol. The highest BCUT2D eigenvalue weighted by molar-refractivity contribution is 6.31. The van der Waals surface area contributed by atoms with Crippen LogP contribution in [0, 0.1) is 5.82 Å². The third-order valence-electron chi connectivity index (χ3n) is 4.33. The van der Waals surface area contributed by atoms with Crippen LogP contribution in [0.2, 0.25) is 5.02 Å². The third kappa shape index (κ3) is 4.71. The van der Waals surface area contributed by atoms with Crippen LogP contribution in [0.15, 0.2) is 47.3 Å². The summed E-state index contributed by atoms with van der Waals surface area (Å²) in [4.78, 5) is 33.5. The van der Waals surface area contributed by atoms with E-state index in [0.29, 0.717) is 41.1 Å². The van der Waals surface area contributed by atoms with Gasteiger partial charge in [-0.25, -0.2) is 9.37 Å². The van der Waals surface area contributed by atoms with Crippen LogP contribution in [-0.2, 0) is 17.8 Å². The summed E-state index contributed by atoms with van der Waals surface area (Å²) < 4.78 is 13.0. The van der Waals surface area contributed by atoms with Crippen LogP contribution in [0.25, 0.3) is 10.9 Å². The van der Waals surface area contributed by atoms with E-state index in [1.165, 1.54) is 12.1 Å². The number of nitrogens with one attached hydrogen (secondary N) is 1. The minimum atomic E-state index is -0.299. The summed E-state index contributed by atoms with van der Waals surface area (Å²) >= 11 is 5.98. The summed E-state index contributed by atoms with van der Waals surface area (Å²) in [6.45, 7) is 2.56. The molecule has 1 aromatic heterocycles. The molecule has 0 aliphatic heterocycles. The number of benzene rings is 2. The Bertz CT molecular complexity index is 1020. The van der Waals surface area contributed by atoms with Crippen molar-refractivity contribution in [2.45, 2.75) is 26.3 Å². The Morgan fingerprint density at radius 3 is 2.67 bits per heavy atom. The number of aromatic amines is 1. The molecule has 27 heavy (non-hydrogen) atoms. The molecule has 0 aliphatic carbocycles. The Kier molecular flexibility index (Phi) is 5.86. The third-order valence-corrected chi connectivity index (χ3v) is 4.57. The molecule has 5 nitrogen and oxygen atoms in total. The highest BCUT2D eigenvalue weighted by Crippen LogP contribution is 2.15.